The Balaban J connectivity index is 1.45. The number of ether oxygens (including phenoxy) is 1. The van der Waals surface area contributed by atoms with Gasteiger partial charge in [0.15, 0.2) is 0 Å². The average molecular weight is 537 g/mol. The van der Waals surface area contributed by atoms with E-state index in [0.29, 0.717) is 29.3 Å². The molecular weight excluding hydrogens is 503 g/mol. The number of carbonyl (C=O) groups is 4. The number of hydrogen-bond acceptors (Lipinski definition) is 6. The zero-order valence-electron chi connectivity index (χ0n) is 22.3. The number of halogens is 1. The summed E-state index contributed by atoms with van der Waals surface area (Å²) in [7, 11) is 0. The molecule has 2 unspecified atom stereocenters. The minimum absolute atomic E-state index is 0.0117. The fourth-order valence-corrected chi connectivity index (χ4v) is 5.53. The Bertz CT molecular complexity index is 1330. The third kappa shape index (κ3) is 5.25. The van der Waals surface area contributed by atoms with E-state index in [1.54, 1.807) is 44.2 Å². The van der Waals surface area contributed by atoms with Gasteiger partial charge in [-0.05, 0) is 80.8 Å². The van der Waals surface area contributed by atoms with Crippen LogP contribution in [0.15, 0.2) is 42.5 Å². The van der Waals surface area contributed by atoms with Gasteiger partial charge in [0.1, 0.15) is 5.82 Å². The quantitative estimate of drug-likeness (QED) is 0.472. The molecule has 10 heteroatoms. The van der Waals surface area contributed by atoms with Crippen molar-refractivity contribution in [2.75, 3.05) is 5.32 Å². The van der Waals surface area contributed by atoms with Crippen molar-refractivity contribution in [3.63, 3.8) is 0 Å². The molecule has 1 aliphatic heterocycles. The summed E-state index contributed by atoms with van der Waals surface area (Å²) in [5, 5.41) is 5.01. The second kappa shape index (κ2) is 9.75. The van der Waals surface area contributed by atoms with Crippen LogP contribution in [0.2, 0.25) is 0 Å². The van der Waals surface area contributed by atoms with Crippen LogP contribution in [0.3, 0.4) is 0 Å². The number of nitrogens with one attached hydrogen (secondary N) is 2. The highest BCUT2D eigenvalue weighted by atomic mass is 19.1. The molecule has 0 aromatic heterocycles. The van der Waals surface area contributed by atoms with Gasteiger partial charge in [0.05, 0.1) is 5.54 Å². The average Bonchev–Trinajstić information content (AvgIpc) is 3.62. The zero-order chi connectivity index (χ0) is 28.1. The summed E-state index contributed by atoms with van der Waals surface area (Å²) in [6.45, 7) is 5.53. The Kier molecular flexibility index (Phi) is 6.70. The second-order valence-corrected chi connectivity index (χ2v) is 11.5. The zero-order valence-corrected chi connectivity index (χ0v) is 22.3. The van der Waals surface area contributed by atoms with Crippen LogP contribution in [0.5, 0.6) is 0 Å². The number of anilines is 1. The van der Waals surface area contributed by atoms with Gasteiger partial charge in [0.2, 0.25) is 17.4 Å². The van der Waals surface area contributed by atoms with E-state index in [4.69, 9.17) is 10.5 Å². The number of carbonyl (C=O) groups excluding carboxylic acids is 4. The Hall–Kier alpha value is -3.79. The SMILES string of the molecule is C[C@@H](C1CC1)N(Cc1ccc(F)cc1)C(=O)CC1CC2(OC(=O)NC2=O)c2ccc(NC(=O)C(C)(C)N)cc21. The van der Waals surface area contributed by atoms with Crippen LogP contribution in [0.25, 0.3) is 0 Å². The predicted octanol–water partition coefficient (Wildman–Crippen LogP) is 3.67. The maximum absolute atomic E-state index is 13.9. The van der Waals surface area contributed by atoms with Crippen molar-refractivity contribution in [2.24, 2.45) is 11.7 Å². The first-order valence-electron chi connectivity index (χ1n) is 13.2. The molecule has 1 spiro atoms. The van der Waals surface area contributed by atoms with Crippen molar-refractivity contribution in [1.82, 2.24) is 10.2 Å². The number of benzene rings is 2. The minimum atomic E-state index is -1.53. The summed E-state index contributed by atoms with van der Waals surface area (Å²) in [6.07, 6.45) is 1.42. The van der Waals surface area contributed by atoms with Gasteiger partial charge in [-0.15, -0.1) is 0 Å². The lowest BCUT2D eigenvalue weighted by Gasteiger charge is -2.31. The Morgan fingerprint density at radius 1 is 1.21 bits per heavy atom. The van der Waals surface area contributed by atoms with E-state index >= 15 is 0 Å². The molecule has 4 N–H and O–H groups in total. The highest BCUT2D eigenvalue weighted by Crippen LogP contribution is 2.51. The standard InChI is InChI=1S/C29H33FN4O5/c1-16(18-6-7-18)34(15-17-4-8-20(30)9-5-17)24(35)12-19-14-29(26(37)33-27(38)39-29)23-11-10-21(13-22(19)23)32-25(36)28(2,3)31/h4-5,8-11,13,16,18-19H,6-7,12,14-15,31H2,1-3H3,(H,32,36)(H,33,37,38)/t16-,19?,29?/m0/s1. The summed E-state index contributed by atoms with van der Waals surface area (Å²) in [5.74, 6) is -1.47. The first kappa shape index (κ1) is 26.8. The first-order chi connectivity index (χ1) is 18.4. The Morgan fingerprint density at radius 3 is 2.49 bits per heavy atom. The lowest BCUT2D eigenvalue weighted by atomic mass is 9.93. The van der Waals surface area contributed by atoms with Crippen LogP contribution in [0, 0.1) is 11.7 Å². The van der Waals surface area contributed by atoms with Crippen LogP contribution in [-0.4, -0.2) is 40.3 Å². The van der Waals surface area contributed by atoms with Crippen molar-refractivity contribution < 1.29 is 28.3 Å². The molecule has 39 heavy (non-hydrogen) atoms. The van der Waals surface area contributed by atoms with Crippen LogP contribution in [-0.2, 0) is 31.3 Å². The third-order valence-corrected chi connectivity index (χ3v) is 7.96. The molecule has 3 atom stereocenters. The van der Waals surface area contributed by atoms with E-state index in [9.17, 15) is 23.6 Å². The molecule has 1 heterocycles. The Morgan fingerprint density at radius 2 is 1.90 bits per heavy atom. The van der Waals surface area contributed by atoms with E-state index in [1.807, 2.05) is 11.8 Å². The highest BCUT2D eigenvalue weighted by Gasteiger charge is 2.57. The molecule has 4 amide bonds. The fourth-order valence-electron chi connectivity index (χ4n) is 5.53. The smallest absolute Gasteiger partial charge is 0.415 e. The van der Waals surface area contributed by atoms with Gasteiger partial charge in [0.25, 0.3) is 5.91 Å². The molecule has 0 radical (unpaired) electrons. The number of imide groups is 1. The van der Waals surface area contributed by atoms with Crippen molar-refractivity contribution in [1.29, 1.82) is 0 Å². The molecular formula is C29H33FN4O5. The van der Waals surface area contributed by atoms with Crippen molar-refractivity contribution in [2.45, 2.75) is 76.1 Å². The molecule has 0 bridgehead atoms. The molecule has 1 saturated heterocycles. The summed E-state index contributed by atoms with van der Waals surface area (Å²) < 4.78 is 19.0. The van der Waals surface area contributed by atoms with Crippen LogP contribution in [0.1, 0.15) is 69.1 Å². The van der Waals surface area contributed by atoms with E-state index in [1.165, 1.54) is 12.1 Å². The number of nitrogens with two attached hydrogens (primary N) is 1. The van der Waals surface area contributed by atoms with Gasteiger partial charge in [-0.3, -0.25) is 19.7 Å². The molecule has 1 saturated carbocycles. The number of amides is 4. The highest BCUT2D eigenvalue weighted by molar-refractivity contribution is 6.04. The minimum Gasteiger partial charge on any atom is -0.427 e. The maximum Gasteiger partial charge on any atom is 0.415 e. The van der Waals surface area contributed by atoms with E-state index in [-0.39, 0.29) is 30.6 Å². The molecule has 9 nitrogen and oxygen atoms in total. The molecule has 3 aliphatic rings. The summed E-state index contributed by atoms with van der Waals surface area (Å²) in [4.78, 5) is 53.2. The van der Waals surface area contributed by atoms with Crippen molar-refractivity contribution >= 4 is 29.5 Å². The molecule has 2 aromatic rings. The molecule has 2 fully saturated rings. The number of fused-ring (bicyclic) bond motifs is 2. The maximum atomic E-state index is 13.9. The van der Waals surface area contributed by atoms with Gasteiger partial charge in [-0.25, -0.2) is 9.18 Å². The third-order valence-electron chi connectivity index (χ3n) is 7.96. The van der Waals surface area contributed by atoms with E-state index < -0.39 is 35.0 Å². The largest absolute Gasteiger partial charge is 0.427 e. The van der Waals surface area contributed by atoms with Gasteiger partial charge in [-0.2, -0.15) is 0 Å². The predicted molar refractivity (Wildman–Crippen MR) is 141 cm³/mol. The fraction of sp³-hybridized carbons (Fsp3) is 0.448. The summed E-state index contributed by atoms with van der Waals surface area (Å²) in [6, 6.07) is 11.1. The summed E-state index contributed by atoms with van der Waals surface area (Å²) in [5.41, 5.74) is 5.72. The lowest BCUT2D eigenvalue weighted by molar-refractivity contribution is -0.136. The monoisotopic (exact) mass is 536 g/mol. The molecule has 2 aromatic carbocycles. The van der Waals surface area contributed by atoms with Crippen molar-refractivity contribution in [3.8, 4) is 0 Å². The van der Waals surface area contributed by atoms with Gasteiger partial charge < -0.3 is 20.7 Å². The van der Waals surface area contributed by atoms with Crippen LogP contribution < -0.4 is 16.4 Å². The number of nitrogens with zero attached hydrogens (tertiary/aromatic N) is 1. The van der Waals surface area contributed by atoms with Crippen LogP contribution in [0.4, 0.5) is 14.9 Å². The lowest BCUT2D eigenvalue weighted by Crippen LogP contribution is -2.45. The molecule has 2 aliphatic carbocycles. The number of rotatable bonds is 8. The number of hydrogen-bond donors (Lipinski definition) is 3. The molecule has 206 valence electrons. The normalized spacial score (nSPS) is 22.7. The summed E-state index contributed by atoms with van der Waals surface area (Å²) >= 11 is 0. The van der Waals surface area contributed by atoms with Gasteiger partial charge >= 0.3 is 6.09 Å². The number of alkyl carbamates (subject to hydrolysis) is 1. The van der Waals surface area contributed by atoms with Gasteiger partial charge in [0, 0.05) is 36.7 Å². The Labute approximate surface area is 226 Å². The molecule has 5 rings (SSSR count). The first-order valence-corrected chi connectivity index (χ1v) is 13.2. The van der Waals surface area contributed by atoms with Crippen molar-refractivity contribution in [3.05, 3.63) is 65.0 Å². The second-order valence-electron chi connectivity index (χ2n) is 11.5. The van der Waals surface area contributed by atoms with Crippen LogP contribution >= 0.6 is 0 Å². The van der Waals surface area contributed by atoms with E-state index in [0.717, 1.165) is 18.4 Å². The topological polar surface area (TPSA) is 131 Å². The van der Waals surface area contributed by atoms with Gasteiger partial charge in [-0.1, -0.05) is 18.2 Å². The van der Waals surface area contributed by atoms with E-state index in [2.05, 4.69) is 10.6 Å².